The first kappa shape index (κ1) is 30.0. The number of pyridine rings is 1. The van der Waals surface area contributed by atoms with Gasteiger partial charge in [0.15, 0.2) is 5.60 Å². The van der Waals surface area contributed by atoms with E-state index in [2.05, 4.69) is 9.80 Å². The Morgan fingerprint density at radius 2 is 1.59 bits per heavy atom. The third-order valence-corrected chi connectivity index (χ3v) is 8.51. The molecule has 230 valence electrons. The summed E-state index contributed by atoms with van der Waals surface area (Å²) in [5, 5.41) is 3.50. The number of carbonyl (C=O) groups excluding carboxylic acids is 1. The number of halogens is 4. The Kier molecular flexibility index (Phi) is 8.55. The van der Waals surface area contributed by atoms with Crippen LogP contribution in [0.3, 0.4) is 0 Å². The molecule has 1 N–H and O–H groups in total. The fourth-order valence-corrected chi connectivity index (χ4v) is 6.26. The van der Waals surface area contributed by atoms with E-state index in [9.17, 15) is 18.0 Å². The van der Waals surface area contributed by atoms with E-state index in [-0.39, 0.29) is 0 Å². The molecule has 3 aromatic carbocycles. The number of alkyl carbamates (subject to hydrolysis) is 1. The first-order chi connectivity index (χ1) is 21.2. The number of alkyl halides is 3. The molecule has 44 heavy (non-hydrogen) atoms. The highest BCUT2D eigenvalue weighted by Gasteiger charge is 2.45. The maximum absolute atomic E-state index is 12.9. The first-order valence-electron chi connectivity index (χ1n) is 14.6. The van der Waals surface area contributed by atoms with Crippen molar-refractivity contribution in [2.24, 2.45) is 0 Å². The van der Waals surface area contributed by atoms with Crippen LogP contribution in [-0.2, 0) is 10.3 Å². The average molecular weight is 625 g/mol. The van der Waals surface area contributed by atoms with E-state index >= 15 is 0 Å². The predicted octanol–water partition coefficient (Wildman–Crippen LogP) is 7.52. The highest BCUT2D eigenvalue weighted by Crippen LogP contribution is 2.51. The normalized spacial score (nSPS) is 16.1. The number of aromatic nitrogens is 1. The van der Waals surface area contributed by atoms with E-state index in [1.54, 1.807) is 36.4 Å². The molecule has 0 bridgehead atoms. The summed E-state index contributed by atoms with van der Waals surface area (Å²) in [6.07, 6.45) is -3.82. The van der Waals surface area contributed by atoms with Gasteiger partial charge in [0.1, 0.15) is 23.9 Å². The smallest absolute Gasteiger partial charge is 0.408 e. The zero-order valence-corrected chi connectivity index (χ0v) is 24.7. The van der Waals surface area contributed by atoms with Crippen LogP contribution in [0.5, 0.6) is 11.5 Å². The fourth-order valence-electron chi connectivity index (χ4n) is 6.03. The Bertz CT molecular complexity index is 1600. The van der Waals surface area contributed by atoms with Crippen LogP contribution in [0.4, 0.5) is 23.8 Å². The molecule has 0 atom stereocenters. The van der Waals surface area contributed by atoms with Crippen molar-refractivity contribution in [2.45, 2.75) is 31.0 Å². The van der Waals surface area contributed by atoms with Crippen molar-refractivity contribution in [3.05, 3.63) is 95.0 Å². The van der Waals surface area contributed by atoms with Crippen LogP contribution in [-0.4, -0.2) is 61.4 Å². The molecule has 0 spiro atoms. The summed E-state index contributed by atoms with van der Waals surface area (Å²) in [5.41, 5.74) is 0.791. The third kappa shape index (κ3) is 6.42. The second-order valence-corrected chi connectivity index (χ2v) is 11.4. The van der Waals surface area contributed by atoms with Crippen LogP contribution in [0.2, 0.25) is 5.02 Å². The van der Waals surface area contributed by atoms with Crippen LogP contribution in [0.25, 0.3) is 10.9 Å². The lowest BCUT2D eigenvalue weighted by atomic mass is 9.79. The number of rotatable bonds is 8. The zero-order valence-electron chi connectivity index (χ0n) is 23.9. The van der Waals surface area contributed by atoms with Crippen molar-refractivity contribution in [1.82, 2.24) is 15.2 Å². The van der Waals surface area contributed by atoms with Gasteiger partial charge in [-0.15, -0.1) is 0 Å². The van der Waals surface area contributed by atoms with Gasteiger partial charge in [-0.1, -0.05) is 54.1 Å². The molecule has 1 fully saturated rings. The quantitative estimate of drug-likeness (QED) is 0.205. The molecule has 3 heterocycles. The third-order valence-electron chi connectivity index (χ3n) is 8.18. The van der Waals surface area contributed by atoms with Crippen molar-refractivity contribution < 1.29 is 27.4 Å². The number of para-hydroxylation sites is 2. The van der Waals surface area contributed by atoms with E-state index in [0.717, 1.165) is 55.9 Å². The van der Waals surface area contributed by atoms with Gasteiger partial charge >= 0.3 is 12.3 Å². The lowest BCUT2D eigenvalue weighted by molar-refractivity contribution is -0.124. The number of piperazine rings is 1. The van der Waals surface area contributed by atoms with Crippen LogP contribution >= 0.6 is 11.6 Å². The van der Waals surface area contributed by atoms with Gasteiger partial charge in [-0.2, -0.15) is 13.2 Å². The SMILES string of the molecule is O=C(NCC(F)(F)F)OC1(CCCCN2CCN(c3ccc4c(Cl)cccc4n3)CC2)c2ccccc2Oc2ccccc21. The second kappa shape index (κ2) is 12.5. The Morgan fingerprint density at radius 3 is 2.27 bits per heavy atom. The number of ether oxygens (including phenoxy) is 2. The molecule has 2 aliphatic rings. The van der Waals surface area contributed by atoms with Crippen molar-refractivity contribution in [3.63, 3.8) is 0 Å². The van der Waals surface area contributed by atoms with E-state index in [4.69, 9.17) is 26.1 Å². The molecule has 1 saturated heterocycles. The first-order valence-corrected chi connectivity index (χ1v) is 15.0. The number of carbonyl (C=O) groups is 1. The molecule has 4 aromatic rings. The van der Waals surface area contributed by atoms with Crippen LogP contribution in [0.15, 0.2) is 78.9 Å². The van der Waals surface area contributed by atoms with Gasteiger partial charge in [0.05, 0.1) is 5.52 Å². The van der Waals surface area contributed by atoms with Gasteiger partial charge in [-0.25, -0.2) is 9.78 Å². The summed E-state index contributed by atoms with van der Waals surface area (Å²) < 4.78 is 50.7. The van der Waals surface area contributed by atoms with Crippen LogP contribution in [0, 0.1) is 0 Å². The molecule has 1 amide bonds. The van der Waals surface area contributed by atoms with E-state index in [1.807, 2.05) is 47.8 Å². The minimum Gasteiger partial charge on any atom is -0.456 e. The molecule has 11 heteroatoms. The second-order valence-electron chi connectivity index (χ2n) is 11.0. The number of anilines is 1. The summed E-state index contributed by atoms with van der Waals surface area (Å²) in [6, 6.07) is 24.1. The van der Waals surface area contributed by atoms with E-state index in [0.29, 0.717) is 40.5 Å². The number of fused-ring (bicyclic) bond motifs is 3. The number of unbranched alkanes of at least 4 members (excludes halogenated alkanes) is 1. The molecule has 1 aromatic heterocycles. The molecule has 0 radical (unpaired) electrons. The topological polar surface area (TPSA) is 66.9 Å². The lowest BCUT2D eigenvalue weighted by Gasteiger charge is -2.40. The Hall–Kier alpha value is -4.02. The van der Waals surface area contributed by atoms with Crippen molar-refractivity contribution in [3.8, 4) is 11.5 Å². The number of hydrogen-bond donors (Lipinski definition) is 1. The summed E-state index contributed by atoms with van der Waals surface area (Å²) >= 11 is 6.30. The fraction of sp³-hybridized carbons (Fsp3) is 0.333. The molecule has 0 aliphatic carbocycles. The van der Waals surface area contributed by atoms with Gasteiger partial charge in [-0.05, 0) is 62.2 Å². The Morgan fingerprint density at radius 1 is 0.909 bits per heavy atom. The molecule has 2 aliphatic heterocycles. The van der Waals surface area contributed by atoms with Gasteiger partial charge in [0.2, 0.25) is 0 Å². The maximum atomic E-state index is 12.9. The monoisotopic (exact) mass is 624 g/mol. The lowest BCUT2D eigenvalue weighted by Crippen LogP contribution is -2.47. The minimum atomic E-state index is -4.56. The van der Waals surface area contributed by atoms with Gasteiger partial charge < -0.3 is 19.7 Å². The maximum Gasteiger partial charge on any atom is 0.408 e. The largest absolute Gasteiger partial charge is 0.456 e. The van der Waals surface area contributed by atoms with Crippen molar-refractivity contribution in [1.29, 1.82) is 0 Å². The summed E-state index contributed by atoms with van der Waals surface area (Å²) in [4.78, 5) is 22.3. The van der Waals surface area contributed by atoms with Crippen molar-refractivity contribution in [2.75, 3.05) is 44.2 Å². The highest BCUT2D eigenvalue weighted by atomic mass is 35.5. The average Bonchev–Trinajstić information content (AvgIpc) is 3.02. The van der Waals surface area contributed by atoms with E-state index < -0.39 is 24.4 Å². The van der Waals surface area contributed by atoms with Crippen LogP contribution < -0.4 is 15.0 Å². The molecular weight excluding hydrogens is 593 g/mol. The molecular formula is C33H32ClF3N4O3. The van der Waals surface area contributed by atoms with Gasteiger partial charge in [0, 0.05) is 47.7 Å². The molecule has 0 saturated carbocycles. The van der Waals surface area contributed by atoms with Gasteiger partial charge in [-0.3, -0.25) is 4.90 Å². The van der Waals surface area contributed by atoms with Crippen molar-refractivity contribution >= 4 is 34.4 Å². The Labute approximate surface area is 258 Å². The summed E-state index contributed by atoms with van der Waals surface area (Å²) in [5.74, 6) is 1.95. The zero-order chi connectivity index (χ0) is 30.7. The standard InChI is InChI=1S/C33H32ClF3N4O3/c34-26-10-7-11-27-23(26)14-15-30(39-27)41-20-18-40(19-21-41)17-6-5-16-32(44-31(42)38-22-33(35,36)37)24-8-1-3-12-28(24)43-29-13-4-2-9-25(29)32/h1-4,7-15H,5-6,16-22H2,(H,38,42). The van der Waals surface area contributed by atoms with Crippen LogP contribution in [0.1, 0.15) is 30.4 Å². The summed E-state index contributed by atoms with van der Waals surface area (Å²) in [7, 11) is 0. The number of nitrogens with zero attached hydrogens (tertiary/aromatic N) is 3. The predicted molar refractivity (Wildman–Crippen MR) is 164 cm³/mol. The van der Waals surface area contributed by atoms with E-state index in [1.165, 1.54) is 0 Å². The number of amides is 1. The molecule has 0 unspecified atom stereocenters. The summed E-state index contributed by atoms with van der Waals surface area (Å²) in [6.45, 7) is 2.78. The Balaban J connectivity index is 1.12. The number of benzene rings is 3. The molecule has 6 rings (SSSR count). The number of nitrogens with one attached hydrogen (secondary N) is 1. The highest BCUT2D eigenvalue weighted by molar-refractivity contribution is 6.35. The van der Waals surface area contributed by atoms with Gasteiger partial charge in [0.25, 0.3) is 0 Å². The number of hydrogen-bond acceptors (Lipinski definition) is 6. The molecule has 7 nitrogen and oxygen atoms in total. The minimum absolute atomic E-state index is 0.382.